The average molecular weight is 177 g/mol. The smallest absolute Gasteiger partial charge is 0.0991 e. The van der Waals surface area contributed by atoms with Gasteiger partial charge in [-0.25, -0.2) is 0 Å². The van der Waals surface area contributed by atoms with E-state index in [-0.39, 0.29) is 10.9 Å². The number of rotatable bonds is 0. The van der Waals surface area contributed by atoms with Crippen molar-refractivity contribution in [3.05, 3.63) is 35.4 Å². The lowest BCUT2D eigenvalue weighted by Crippen LogP contribution is -2.10. The van der Waals surface area contributed by atoms with Crippen molar-refractivity contribution in [1.29, 1.82) is 5.26 Å². The van der Waals surface area contributed by atoms with Gasteiger partial charge < -0.3 is 5.48 Å². The van der Waals surface area contributed by atoms with Gasteiger partial charge >= 0.3 is 0 Å². The molecule has 0 saturated carbocycles. The normalized spacial score (nSPS) is 10.0. The number of hydrogen-bond acceptors (Lipinski definition) is 1. The maximum atomic E-state index is 8.68. The Morgan fingerprint density at radius 3 is 2.31 bits per heavy atom. The minimum absolute atomic E-state index is 0. The summed E-state index contributed by atoms with van der Waals surface area (Å²) in [5.41, 5.74) is 2.08. The molecule has 2 N–H and O–H groups in total. The standard InChI is InChI=1S/C11H13N.H2O/c1-11(2,3)10-6-4-5-9(7-10)8-12;/h4-7H,1-3H3;1H2. The Bertz CT molecular complexity index is 318. The Kier molecular flexibility index (Phi) is 3.65. The van der Waals surface area contributed by atoms with Crippen molar-refractivity contribution in [2.24, 2.45) is 0 Å². The monoisotopic (exact) mass is 177 g/mol. The second kappa shape index (κ2) is 4.06. The lowest BCUT2D eigenvalue weighted by atomic mass is 9.86. The fraction of sp³-hybridized carbons (Fsp3) is 0.364. The molecule has 0 bridgehead atoms. The zero-order valence-corrected chi connectivity index (χ0v) is 8.26. The zero-order chi connectivity index (χ0) is 9.19. The molecule has 70 valence electrons. The summed E-state index contributed by atoms with van der Waals surface area (Å²) in [6.45, 7) is 6.43. The largest absolute Gasteiger partial charge is 0.412 e. The highest BCUT2D eigenvalue weighted by atomic mass is 16.0. The van der Waals surface area contributed by atoms with Crippen LogP contribution in [0.4, 0.5) is 0 Å². The SMILES string of the molecule is CC(C)(C)c1cccc(C#N)c1.O. The van der Waals surface area contributed by atoms with Crippen LogP contribution in [0.2, 0.25) is 0 Å². The number of nitriles is 1. The number of nitrogens with zero attached hydrogens (tertiary/aromatic N) is 1. The first-order chi connectivity index (χ1) is 5.54. The maximum Gasteiger partial charge on any atom is 0.0991 e. The lowest BCUT2D eigenvalue weighted by Gasteiger charge is -2.18. The van der Waals surface area contributed by atoms with Crippen LogP contribution in [-0.2, 0) is 5.41 Å². The molecule has 0 aliphatic carbocycles. The molecule has 0 atom stereocenters. The van der Waals surface area contributed by atoms with E-state index in [1.54, 1.807) is 0 Å². The van der Waals surface area contributed by atoms with Gasteiger partial charge in [0, 0.05) is 0 Å². The van der Waals surface area contributed by atoms with Crippen LogP contribution in [0.5, 0.6) is 0 Å². The molecule has 0 amide bonds. The Balaban J connectivity index is 0.00000144. The average Bonchev–Trinajstić information content (AvgIpc) is 2.03. The number of hydrogen-bond donors (Lipinski definition) is 0. The molecule has 0 radical (unpaired) electrons. The lowest BCUT2D eigenvalue weighted by molar-refractivity contribution is 0.590. The van der Waals surface area contributed by atoms with Gasteiger partial charge in [-0.3, -0.25) is 0 Å². The first-order valence-corrected chi connectivity index (χ1v) is 4.04. The summed E-state index contributed by atoms with van der Waals surface area (Å²) in [4.78, 5) is 0. The molecule has 0 aliphatic rings. The molecule has 0 aliphatic heterocycles. The van der Waals surface area contributed by atoms with Gasteiger partial charge in [0.15, 0.2) is 0 Å². The molecule has 2 heteroatoms. The molecule has 0 unspecified atom stereocenters. The van der Waals surface area contributed by atoms with Crippen LogP contribution in [-0.4, -0.2) is 5.48 Å². The van der Waals surface area contributed by atoms with Crippen LogP contribution in [0, 0.1) is 11.3 Å². The van der Waals surface area contributed by atoms with Gasteiger partial charge in [-0.2, -0.15) is 5.26 Å². The van der Waals surface area contributed by atoms with Gasteiger partial charge in [0.25, 0.3) is 0 Å². The van der Waals surface area contributed by atoms with Gasteiger partial charge in [0.05, 0.1) is 11.6 Å². The third-order valence-corrected chi connectivity index (χ3v) is 1.86. The molecule has 13 heavy (non-hydrogen) atoms. The highest BCUT2D eigenvalue weighted by Gasteiger charge is 2.12. The number of benzene rings is 1. The van der Waals surface area contributed by atoms with Gasteiger partial charge in [0.1, 0.15) is 0 Å². The van der Waals surface area contributed by atoms with Crippen LogP contribution < -0.4 is 0 Å². The second-order valence-electron chi connectivity index (χ2n) is 3.94. The molecule has 1 aromatic carbocycles. The third kappa shape index (κ3) is 2.89. The Morgan fingerprint density at radius 1 is 1.23 bits per heavy atom. The quantitative estimate of drug-likeness (QED) is 0.598. The Labute approximate surface area is 79.1 Å². The van der Waals surface area contributed by atoms with E-state index in [0.717, 1.165) is 5.56 Å². The fourth-order valence-electron chi connectivity index (χ4n) is 1.06. The van der Waals surface area contributed by atoms with E-state index in [1.807, 2.05) is 18.2 Å². The predicted molar refractivity (Wildman–Crippen MR) is 53.5 cm³/mol. The van der Waals surface area contributed by atoms with Crippen molar-refractivity contribution >= 4 is 0 Å². The Hall–Kier alpha value is -1.33. The highest BCUT2D eigenvalue weighted by Crippen LogP contribution is 2.22. The molecule has 0 saturated heterocycles. The summed E-state index contributed by atoms with van der Waals surface area (Å²) >= 11 is 0. The zero-order valence-electron chi connectivity index (χ0n) is 8.26. The van der Waals surface area contributed by atoms with Crippen LogP contribution in [0.15, 0.2) is 24.3 Å². The van der Waals surface area contributed by atoms with Crippen molar-refractivity contribution in [2.75, 3.05) is 0 Å². The first kappa shape index (κ1) is 11.7. The van der Waals surface area contributed by atoms with Crippen molar-refractivity contribution < 1.29 is 5.48 Å². The van der Waals surface area contributed by atoms with Crippen molar-refractivity contribution in [3.8, 4) is 6.07 Å². The van der Waals surface area contributed by atoms with Crippen LogP contribution in [0.25, 0.3) is 0 Å². The molecular formula is C11H15NO. The molecule has 0 fully saturated rings. The van der Waals surface area contributed by atoms with Gasteiger partial charge in [0.2, 0.25) is 0 Å². The second-order valence-corrected chi connectivity index (χ2v) is 3.94. The molecule has 0 spiro atoms. The molecule has 1 aromatic rings. The van der Waals surface area contributed by atoms with Crippen molar-refractivity contribution in [1.82, 2.24) is 0 Å². The third-order valence-electron chi connectivity index (χ3n) is 1.86. The Morgan fingerprint density at radius 2 is 1.85 bits per heavy atom. The fourth-order valence-corrected chi connectivity index (χ4v) is 1.06. The summed E-state index contributed by atoms with van der Waals surface area (Å²) in [5.74, 6) is 0. The van der Waals surface area contributed by atoms with E-state index in [0.29, 0.717) is 0 Å². The van der Waals surface area contributed by atoms with E-state index >= 15 is 0 Å². The highest BCUT2D eigenvalue weighted by molar-refractivity contribution is 5.35. The topological polar surface area (TPSA) is 55.3 Å². The van der Waals surface area contributed by atoms with Gasteiger partial charge in [-0.05, 0) is 23.1 Å². The van der Waals surface area contributed by atoms with E-state index in [9.17, 15) is 0 Å². The molecule has 0 aromatic heterocycles. The van der Waals surface area contributed by atoms with E-state index in [1.165, 1.54) is 5.56 Å². The van der Waals surface area contributed by atoms with Crippen molar-refractivity contribution in [2.45, 2.75) is 26.2 Å². The summed E-state index contributed by atoms with van der Waals surface area (Å²) in [6.07, 6.45) is 0. The first-order valence-electron chi connectivity index (χ1n) is 4.04. The van der Waals surface area contributed by atoms with Crippen LogP contribution in [0.1, 0.15) is 31.9 Å². The van der Waals surface area contributed by atoms with E-state index < -0.39 is 0 Å². The predicted octanol–water partition coefficient (Wildman–Crippen LogP) is 2.03. The minimum atomic E-state index is 0. The molecule has 2 nitrogen and oxygen atoms in total. The van der Waals surface area contributed by atoms with E-state index in [4.69, 9.17) is 5.26 Å². The summed E-state index contributed by atoms with van der Waals surface area (Å²) in [7, 11) is 0. The van der Waals surface area contributed by atoms with Crippen molar-refractivity contribution in [3.63, 3.8) is 0 Å². The van der Waals surface area contributed by atoms with Crippen LogP contribution in [0.3, 0.4) is 0 Å². The molecule has 0 heterocycles. The van der Waals surface area contributed by atoms with Gasteiger partial charge in [-0.15, -0.1) is 0 Å². The maximum absolute atomic E-state index is 8.68. The molecule has 1 rings (SSSR count). The summed E-state index contributed by atoms with van der Waals surface area (Å²) in [6, 6.07) is 9.90. The minimum Gasteiger partial charge on any atom is -0.412 e. The summed E-state index contributed by atoms with van der Waals surface area (Å²) < 4.78 is 0. The van der Waals surface area contributed by atoms with E-state index in [2.05, 4.69) is 32.9 Å². The molecular weight excluding hydrogens is 162 g/mol. The van der Waals surface area contributed by atoms with Crippen LogP contribution >= 0.6 is 0 Å². The van der Waals surface area contributed by atoms with Gasteiger partial charge in [-0.1, -0.05) is 32.9 Å². The summed E-state index contributed by atoms with van der Waals surface area (Å²) in [5, 5.41) is 8.68.